The van der Waals surface area contributed by atoms with Crippen molar-refractivity contribution in [1.29, 1.82) is 0 Å². The van der Waals surface area contributed by atoms with E-state index in [1.807, 2.05) is 43.1 Å². The van der Waals surface area contributed by atoms with Crippen LogP contribution in [0, 0.1) is 0 Å². The number of rotatable bonds is 5. The molecule has 1 atom stereocenters. The first-order chi connectivity index (χ1) is 8.08. The Morgan fingerprint density at radius 1 is 1.47 bits per heavy atom. The second kappa shape index (κ2) is 6.10. The lowest BCUT2D eigenvalue weighted by Crippen LogP contribution is -2.40. The van der Waals surface area contributed by atoms with Crippen LogP contribution in [-0.2, 0) is 6.54 Å². The van der Waals surface area contributed by atoms with Crippen molar-refractivity contribution in [3.05, 3.63) is 29.8 Å². The van der Waals surface area contributed by atoms with Gasteiger partial charge >= 0.3 is 0 Å². The molecule has 17 heavy (non-hydrogen) atoms. The van der Waals surface area contributed by atoms with Gasteiger partial charge in [0.25, 0.3) is 0 Å². The first-order valence-corrected chi connectivity index (χ1v) is 5.39. The van der Waals surface area contributed by atoms with Crippen LogP contribution in [0.4, 0.5) is 0 Å². The molecule has 0 heterocycles. The number of nitrogens with two attached hydrogens (primary N) is 1. The second-order valence-electron chi connectivity index (χ2n) is 3.96. The number of hydrogen-bond acceptors (Lipinski definition) is 4. The normalized spacial score (nSPS) is 13.8. The average molecular weight is 237 g/mol. The topological polar surface area (TPSA) is 71.1 Å². The number of hydrogen-bond donors (Lipinski definition) is 2. The third-order valence-corrected chi connectivity index (χ3v) is 2.80. The first kappa shape index (κ1) is 13.3. The Morgan fingerprint density at radius 2 is 2.06 bits per heavy atom. The Bertz CT molecular complexity index is 376. The van der Waals surface area contributed by atoms with Crippen molar-refractivity contribution in [3.8, 4) is 5.75 Å². The van der Waals surface area contributed by atoms with Gasteiger partial charge in [-0.25, -0.2) is 0 Å². The lowest BCUT2D eigenvalue weighted by molar-refractivity contribution is 0.279. The Labute approximate surface area is 101 Å². The van der Waals surface area contributed by atoms with E-state index in [9.17, 15) is 0 Å². The van der Waals surface area contributed by atoms with Gasteiger partial charge in [-0.15, -0.1) is 0 Å². The number of amidine groups is 1. The van der Waals surface area contributed by atoms with E-state index < -0.39 is 0 Å². The van der Waals surface area contributed by atoms with Gasteiger partial charge in [-0.2, -0.15) is 0 Å². The van der Waals surface area contributed by atoms with E-state index >= 15 is 0 Å². The van der Waals surface area contributed by atoms with Gasteiger partial charge in [0, 0.05) is 6.54 Å². The van der Waals surface area contributed by atoms with Crippen molar-refractivity contribution in [3.63, 3.8) is 0 Å². The smallest absolute Gasteiger partial charge is 0.156 e. The molecule has 5 heteroatoms. The van der Waals surface area contributed by atoms with Gasteiger partial charge < -0.3 is 15.7 Å². The Kier molecular flexibility index (Phi) is 4.78. The quantitative estimate of drug-likeness (QED) is 0.350. The van der Waals surface area contributed by atoms with Gasteiger partial charge in [-0.1, -0.05) is 17.3 Å². The molecule has 0 aromatic heterocycles. The molecule has 0 spiro atoms. The number of ether oxygens (including phenoxy) is 1. The molecule has 3 N–H and O–H groups in total. The summed E-state index contributed by atoms with van der Waals surface area (Å²) in [6.07, 6.45) is 0. The zero-order valence-corrected chi connectivity index (χ0v) is 10.4. The molecule has 1 aromatic rings. The number of oxime groups is 1. The molecular weight excluding hydrogens is 218 g/mol. The number of methoxy groups -OCH3 is 1. The van der Waals surface area contributed by atoms with Gasteiger partial charge in [-0.05, 0) is 31.7 Å². The van der Waals surface area contributed by atoms with Crippen LogP contribution in [0.3, 0.4) is 0 Å². The molecule has 0 saturated heterocycles. The van der Waals surface area contributed by atoms with Crippen LogP contribution in [0.25, 0.3) is 0 Å². The van der Waals surface area contributed by atoms with Crippen molar-refractivity contribution in [2.75, 3.05) is 14.2 Å². The maximum atomic E-state index is 8.61. The molecule has 94 valence electrons. The van der Waals surface area contributed by atoms with E-state index in [-0.39, 0.29) is 11.9 Å². The lowest BCUT2D eigenvalue weighted by Gasteiger charge is -2.23. The summed E-state index contributed by atoms with van der Waals surface area (Å²) in [7, 11) is 3.56. The van der Waals surface area contributed by atoms with Crippen LogP contribution < -0.4 is 10.5 Å². The molecule has 1 rings (SSSR count). The molecule has 0 aliphatic heterocycles. The number of likely N-dealkylation sites (N-methyl/N-ethyl adjacent to an activating group) is 1. The fraction of sp³-hybridized carbons (Fsp3) is 0.417. The minimum absolute atomic E-state index is 0.109. The number of nitrogens with zero attached hydrogens (tertiary/aromatic N) is 2. The predicted molar refractivity (Wildman–Crippen MR) is 67.3 cm³/mol. The third-order valence-electron chi connectivity index (χ3n) is 2.80. The molecule has 0 fully saturated rings. The van der Waals surface area contributed by atoms with E-state index in [0.29, 0.717) is 0 Å². The molecule has 1 aromatic carbocycles. The lowest BCUT2D eigenvalue weighted by atomic mass is 10.2. The van der Waals surface area contributed by atoms with Crippen molar-refractivity contribution in [2.24, 2.45) is 10.9 Å². The monoisotopic (exact) mass is 237 g/mol. The van der Waals surface area contributed by atoms with Crippen LogP contribution >= 0.6 is 0 Å². The molecular formula is C12H19N3O2. The molecule has 0 amide bonds. The largest absolute Gasteiger partial charge is 0.497 e. The van der Waals surface area contributed by atoms with Crippen molar-refractivity contribution < 1.29 is 9.94 Å². The highest BCUT2D eigenvalue weighted by Crippen LogP contribution is 2.13. The molecule has 0 bridgehead atoms. The molecule has 0 saturated carbocycles. The SMILES string of the molecule is COc1ccc(CN(C)C(C)C(N)=NO)cc1. The molecule has 0 aliphatic carbocycles. The molecule has 0 radical (unpaired) electrons. The van der Waals surface area contributed by atoms with Crippen molar-refractivity contribution >= 4 is 5.84 Å². The van der Waals surface area contributed by atoms with Gasteiger partial charge in [0.1, 0.15) is 5.75 Å². The third kappa shape index (κ3) is 3.64. The zero-order valence-electron chi connectivity index (χ0n) is 10.4. The minimum atomic E-state index is -0.109. The Balaban J connectivity index is 2.64. The summed E-state index contributed by atoms with van der Waals surface area (Å²) in [5.41, 5.74) is 6.70. The van der Waals surface area contributed by atoms with E-state index in [4.69, 9.17) is 15.7 Å². The summed E-state index contributed by atoms with van der Waals surface area (Å²) in [5, 5.41) is 11.6. The van der Waals surface area contributed by atoms with E-state index in [2.05, 4.69) is 5.16 Å². The van der Waals surface area contributed by atoms with E-state index in [1.54, 1.807) is 7.11 Å². The van der Waals surface area contributed by atoms with Crippen LogP contribution in [0.15, 0.2) is 29.4 Å². The van der Waals surface area contributed by atoms with Crippen molar-refractivity contribution in [1.82, 2.24) is 4.90 Å². The van der Waals surface area contributed by atoms with Crippen LogP contribution in [0.2, 0.25) is 0 Å². The summed E-state index contributed by atoms with van der Waals surface area (Å²) < 4.78 is 5.09. The van der Waals surface area contributed by atoms with Crippen LogP contribution in [0.1, 0.15) is 12.5 Å². The summed E-state index contributed by atoms with van der Waals surface area (Å²) in [4.78, 5) is 2.00. The fourth-order valence-electron chi connectivity index (χ4n) is 1.47. The van der Waals surface area contributed by atoms with Crippen LogP contribution in [0.5, 0.6) is 5.75 Å². The van der Waals surface area contributed by atoms with E-state index in [0.717, 1.165) is 17.9 Å². The maximum Gasteiger partial charge on any atom is 0.156 e. The minimum Gasteiger partial charge on any atom is -0.497 e. The average Bonchev–Trinajstić information content (AvgIpc) is 2.37. The first-order valence-electron chi connectivity index (χ1n) is 5.39. The fourth-order valence-corrected chi connectivity index (χ4v) is 1.47. The van der Waals surface area contributed by atoms with Gasteiger partial charge in [0.05, 0.1) is 13.2 Å². The maximum absolute atomic E-state index is 8.61. The highest BCUT2D eigenvalue weighted by Gasteiger charge is 2.13. The number of benzene rings is 1. The zero-order chi connectivity index (χ0) is 12.8. The summed E-state index contributed by atoms with van der Waals surface area (Å²) >= 11 is 0. The molecule has 0 aliphatic rings. The summed E-state index contributed by atoms with van der Waals surface area (Å²) in [6, 6.07) is 7.71. The summed E-state index contributed by atoms with van der Waals surface area (Å²) in [5.74, 6) is 1.04. The second-order valence-corrected chi connectivity index (χ2v) is 3.96. The van der Waals surface area contributed by atoms with Crippen LogP contribution in [-0.4, -0.2) is 36.1 Å². The van der Waals surface area contributed by atoms with Crippen molar-refractivity contribution in [2.45, 2.75) is 19.5 Å². The molecule has 5 nitrogen and oxygen atoms in total. The standard InChI is InChI=1S/C12H19N3O2/c1-9(12(13)14-16)15(2)8-10-4-6-11(17-3)7-5-10/h4-7,9,16H,8H2,1-3H3,(H2,13,14). The van der Waals surface area contributed by atoms with Gasteiger partial charge in [0.15, 0.2) is 5.84 Å². The van der Waals surface area contributed by atoms with E-state index in [1.165, 1.54) is 0 Å². The Hall–Kier alpha value is -1.75. The highest BCUT2D eigenvalue weighted by molar-refractivity contribution is 5.84. The summed E-state index contributed by atoms with van der Waals surface area (Å²) in [6.45, 7) is 2.61. The highest BCUT2D eigenvalue weighted by atomic mass is 16.5. The predicted octanol–water partition coefficient (Wildman–Crippen LogP) is 1.26. The molecule has 1 unspecified atom stereocenters. The Morgan fingerprint density at radius 3 is 2.53 bits per heavy atom. The van der Waals surface area contributed by atoms with Gasteiger partial charge in [0.2, 0.25) is 0 Å². The van der Waals surface area contributed by atoms with Gasteiger partial charge in [-0.3, -0.25) is 4.90 Å².